The van der Waals surface area contributed by atoms with Gasteiger partial charge in [-0.15, -0.1) is 0 Å². The van der Waals surface area contributed by atoms with E-state index in [9.17, 15) is 14.0 Å². The lowest BCUT2D eigenvalue weighted by Gasteiger charge is -2.29. The number of carbonyl (C=O) groups is 2. The molecule has 2 rings (SSSR count). The fourth-order valence-electron chi connectivity index (χ4n) is 3.07. The average molecular weight is 415 g/mol. The van der Waals surface area contributed by atoms with Crippen LogP contribution in [-0.4, -0.2) is 35.9 Å². The molecule has 0 saturated carbocycles. The topological polar surface area (TPSA) is 58.6 Å². The van der Waals surface area contributed by atoms with Crippen LogP contribution in [-0.2, 0) is 16.1 Å². The third-order valence-corrected chi connectivity index (χ3v) is 4.68. The number of halogens is 1. The number of benzene rings is 2. The number of nitrogens with zero attached hydrogens (tertiary/aromatic N) is 1. The van der Waals surface area contributed by atoms with E-state index < -0.39 is 6.04 Å². The SMILES string of the molecule is Cc1cc(C)cc(OCC(=O)N(Cc2ccc(F)cc2)[C@@H](C)C(=O)NCC(C)C)c1. The van der Waals surface area contributed by atoms with E-state index >= 15 is 0 Å². The van der Waals surface area contributed by atoms with Crippen LogP contribution in [0.1, 0.15) is 37.5 Å². The molecule has 1 N–H and O–H groups in total. The summed E-state index contributed by atoms with van der Waals surface area (Å²) in [5.41, 5.74) is 2.82. The van der Waals surface area contributed by atoms with Crippen molar-refractivity contribution in [2.24, 2.45) is 5.92 Å². The summed E-state index contributed by atoms with van der Waals surface area (Å²) < 4.78 is 19.0. The van der Waals surface area contributed by atoms with Gasteiger partial charge in [0.1, 0.15) is 17.6 Å². The molecule has 2 aromatic rings. The zero-order chi connectivity index (χ0) is 22.3. The monoisotopic (exact) mass is 414 g/mol. The van der Waals surface area contributed by atoms with E-state index in [0.29, 0.717) is 18.2 Å². The third kappa shape index (κ3) is 7.17. The first-order chi connectivity index (χ1) is 14.2. The highest BCUT2D eigenvalue weighted by atomic mass is 19.1. The van der Waals surface area contributed by atoms with E-state index in [-0.39, 0.29) is 30.8 Å². The second-order valence-corrected chi connectivity index (χ2v) is 8.08. The van der Waals surface area contributed by atoms with E-state index in [2.05, 4.69) is 5.32 Å². The van der Waals surface area contributed by atoms with Crippen LogP contribution in [0.3, 0.4) is 0 Å². The Balaban J connectivity index is 2.14. The lowest BCUT2D eigenvalue weighted by atomic mass is 10.1. The Morgan fingerprint density at radius 2 is 1.63 bits per heavy atom. The molecular formula is C24H31FN2O3. The molecule has 162 valence electrons. The fourth-order valence-corrected chi connectivity index (χ4v) is 3.07. The minimum atomic E-state index is -0.691. The molecule has 30 heavy (non-hydrogen) atoms. The van der Waals surface area contributed by atoms with Gasteiger partial charge in [-0.1, -0.05) is 32.0 Å². The molecule has 0 aliphatic rings. The Labute approximate surface area is 178 Å². The quantitative estimate of drug-likeness (QED) is 0.674. The number of amides is 2. The van der Waals surface area contributed by atoms with Gasteiger partial charge in [-0.3, -0.25) is 9.59 Å². The van der Waals surface area contributed by atoms with Crippen molar-refractivity contribution in [3.05, 3.63) is 65.0 Å². The summed E-state index contributed by atoms with van der Waals surface area (Å²) in [6.45, 7) is 10.1. The zero-order valence-electron chi connectivity index (χ0n) is 18.4. The van der Waals surface area contributed by atoms with Gasteiger partial charge in [0.25, 0.3) is 5.91 Å². The molecule has 0 radical (unpaired) electrons. The number of ether oxygens (including phenoxy) is 1. The van der Waals surface area contributed by atoms with Gasteiger partial charge >= 0.3 is 0 Å². The van der Waals surface area contributed by atoms with Gasteiger partial charge in [-0.2, -0.15) is 0 Å². The molecule has 0 aromatic heterocycles. The highest BCUT2D eigenvalue weighted by Gasteiger charge is 2.26. The first-order valence-corrected chi connectivity index (χ1v) is 10.2. The summed E-state index contributed by atoms with van der Waals surface area (Å²) in [5.74, 6) is 0.0172. The van der Waals surface area contributed by atoms with E-state index in [1.807, 2.05) is 45.9 Å². The molecule has 6 heteroatoms. The average Bonchev–Trinajstić information content (AvgIpc) is 2.68. The molecule has 0 fully saturated rings. The molecule has 0 aliphatic heterocycles. The Kier molecular flexibility index (Phi) is 8.39. The number of rotatable bonds is 9. The summed E-state index contributed by atoms with van der Waals surface area (Å²) in [6, 6.07) is 11.0. The molecule has 2 aromatic carbocycles. The lowest BCUT2D eigenvalue weighted by Crippen LogP contribution is -2.49. The van der Waals surface area contributed by atoms with Crippen molar-refractivity contribution in [1.29, 1.82) is 0 Å². The molecule has 2 amide bonds. The van der Waals surface area contributed by atoms with E-state index in [1.54, 1.807) is 19.1 Å². The maximum atomic E-state index is 13.3. The summed E-state index contributed by atoms with van der Waals surface area (Å²) >= 11 is 0. The lowest BCUT2D eigenvalue weighted by molar-refractivity contribution is -0.142. The minimum absolute atomic E-state index is 0.186. The number of carbonyl (C=O) groups excluding carboxylic acids is 2. The summed E-state index contributed by atoms with van der Waals surface area (Å²) in [6.07, 6.45) is 0. The van der Waals surface area contributed by atoms with Crippen molar-refractivity contribution < 1.29 is 18.7 Å². The molecule has 1 atom stereocenters. The standard InChI is InChI=1S/C24H31FN2O3/c1-16(2)13-26-24(29)19(5)27(14-20-6-8-21(25)9-7-20)23(28)15-30-22-11-17(3)10-18(4)12-22/h6-12,16,19H,13-15H2,1-5H3,(H,26,29)/t19-/m0/s1. The van der Waals surface area contributed by atoms with Crippen LogP contribution in [0.5, 0.6) is 5.75 Å². The maximum absolute atomic E-state index is 13.3. The van der Waals surface area contributed by atoms with Gasteiger partial charge in [0.2, 0.25) is 5.91 Å². The summed E-state index contributed by atoms with van der Waals surface area (Å²) in [5, 5.41) is 2.87. The van der Waals surface area contributed by atoms with E-state index in [1.165, 1.54) is 17.0 Å². The van der Waals surface area contributed by atoms with Gasteiger partial charge in [-0.25, -0.2) is 4.39 Å². The van der Waals surface area contributed by atoms with Crippen LogP contribution in [0.15, 0.2) is 42.5 Å². The van der Waals surface area contributed by atoms with E-state index in [0.717, 1.165) is 16.7 Å². The Morgan fingerprint density at radius 1 is 1.03 bits per heavy atom. The number of hydrogen-bond acceptors (Lipinski definition) is 3. The molecule has 0 saturated heterocycles. The van der Waals surface area contributed by atoms with Crippen molar-refractivity contribution in [1.82, 2.24) is 10.2 Å². The van der Waals surface area contributed by atoms with Gasteiger partial charge in [0.15, 0.2) is 6.61 Å². The van der Waals surface area contributed by atoms with Crippen molar-refractivity contribution in [3.63, 3.8) is 0 Å². The minimum Gasteiger partial charge on any atom is -0.484 e. The molecule has 5 nitrogen and oxygen atoms in total. The van der Waals surface area contributed by atoms with Crippen LogP contribution >= 0.6 is 0 Å². The van der Waals surface area contributed by atoms with Crippen molar-refractivity contribution >= 4 is 11.8 Å². The molecule has 0 spiro atoms. The van der Waals surface area contributed by atoms with Crippen LogP contribution < -0.4 is 10.1 Å². The second-order valence-electron chi connectivity index (χ2n) is 8.08. The van der Waals surface area contributed by atoms with Crippen LogP contribution in [0.25, 0.3) is 0 Å². The summed E-state index contributed by atoms with van der Waals surface area (Å²) in [4.78, 5) is 27.0. The van der Waals surface area contributed by atoms with Crippen molar-refractivity contribution in [2.75, 3.05) is 13.2 Å². The molecule has 0 unspecified atom stereocenters. The molecule has 0 heterocycles. The van der Waals surface area contributed by atoms with Gasteiger partial charge < -0.3 is 15.0 Å². The van der Waals surface area contributed by atoms with Crippen molar-refractivity contribution in [2.45, 2.75) is 47.2 Å². The number of nitrogens with one attached hydrogen (secondary N) is 1. The fraction of sp³-hybridized carbons (Fsp3) is 0.417. The molecule has 0 aliphatic carbocycles. The second kappa shape index (κ2) is 10.8. The number of hydrogen-bond donors (Lipinski definition) is 1. The van der Waals surface area contributed by atoms with Gasteiger partial charge in [0.05, 0.1) is 0 Å². The number of aryl methyl sites for hydroxylation is 2. The smallest absolute Gasteiger partial charge is 0.261 e. The van der Waals surface area contributed by atoms with Crippen LogP contribution in [0.4, 0.5) is 4.39 Å². The highest BCUT2D eigenvalue weighted by Crippen LogP contribution is 2.17. The highest BCUT2D eigenvalue weighted by molar-refractivity contribution is 5.87. The predicted molar refractivity (Wildman–Crippen MR) is 116 cm³/mol. The largest absolute Gasteiger partial charge is 0.484 e. The first kappa shape index (κ1) is 23.4. The first-order valence-electron chi connectivity index (χ1n) is 10.2. The summed E-state index contributed by atoms with van der Waals surface area (Å²) in [7, 11) is 0. The Bertz CT molecular complexity index is 845. The van der Waals surface area contributed by atoms with Crippen molar-refractivity contribution in [3.8, 4) is 5.75 Å². The van der Waals surface area contributed by atoms with E-state index in [4.69, 9.17) is 4.74 Å². The molecule has 0 bridgehead atoms. The zero-order valence-corrected chi connectivity index (χ0v) is 18.4. The van der Waals surface area contributed by atoms with Crippen LogP contribution in [0, 0.1) is 25.6 Å². The maximum Gasteiger partial charge on any atom is 0.261 e. The normalized spacial score (nSPS) is 11.8. The Hall–Kier alpha value is -2.89. The van der Waals surface area contributed by atoms with Gasteiger partial charge in [-0.05, 0) is 67.6 Å². The third-order valence-electron chi connectivity index (χ3n) is 4.68. The van der Waals surface area contributed by atoms with Gasteiger partial charge in [0, 0.05) is 13.1 Å². The van der Waals surface area contributed by atoms with Crippen LogP contribution in [0.2, 0.25) is 0 Å². The molecular weight excluding hydrogens is 383 g/mol. The Morgan fingerprint density at radius 3 is 2.20 bits per heavy atom. The predicted octanol–water partition coefficient (Wildman–Crippen LogP) is 4.01.